The van der Waals surface area contributed by atoms with Gasteiger partial charge in [0.05, 0.1) is 4.90 Å². The van der Waals surface area contributed by atoms with Crippen molar-refractivity contribution in [1.82, 2.24) is 0 Å². The highest BCUT2D eigenvalue weighted by Gasteiger charge is 2.21. The maximum atomic E-state index is 9.78. The number of phenols is 2. The number of thioether (sulfide) groups is 1. The van der Waals surface area contributed by atoms with Gasteiger partial charge in [-0.25, -0.2) is 0 Å². The van der Waals surface area contributed by atoms with Gasteiger partial charge in [0, 0.05) is 5.56 Å². The van der Waals surface area contributed by atoms with E-state index in [2.05, 4.69) is 0 Å². The third-order valence-electron chi connectivity index (χ3n) is 2.14. The normalized spacial score (nSPS) is 11.7. The average Bonchev–Trinajstić information content (AvgIpc) is 2.07. The summed E-state index contributed by atoms with van der Waals surface area (Å²) in [5.41, 5.74) is 0.617. The third kappa shape index (κ3) is 1.98. The van der Waals surface area contributed by atoms with E-state index in [1.165, 1.54) is 11.8 Å². The maximum Gasteiger partial charge on any atom is 0.171 e. The first-order chi connectivity index (χ1) is 6.38. The topological polar surface area (TPSA) is 40.5 Å². The molecule has 0 aliphatic heterocycles. The van der Waals surface area contributed by atoms with Crippen molar-refractivity contribution in [2.45, 2.75) is 31.1 Å². The summed E-state index contributed by atoms with van der Waals surface area (Å²) in [6.45, 7) is 6.00. The Hall–Kier alpha value is -0.830. The minimum absolute atomic E-state index is 0.00403. The van der Waals surface area contributed by atoms with Gasteiger partial charge in [0.15, 0.2) is 11.5 Å². The van der Waals surface area contributed by atoms with Gasteiger partial charge in [-0.2, -0.15) is 0 Å². The van der Waals surface area contributed by atoms with Gasteiger partial charge in [-0.15, -0.1) is 11.8 Å². The lowest BCUT2D eigenvalue weighted by Gasteiger charge is -2.21. The summed E-state index contributed by atoms with van der Waals surface area (Å²) in [5, 5.41) is 19.5. The van der Waals surface area contributed by atoms with Crippen LogP contribution < -0.4 is 0 Å². The van der Waals surface area contributed by atoms with Crippen LogP contribution in [-0.4, -0.2) is 16.5 Å². The zero-order chi connectivity index (χ0) is 10.9. The highest BCUT2D eigenvalue weighted by atomic mass is 32.2. The number of phenolic OH excluding ortho intramolecular Hbond substituents is 2. The Morgan fingerprint density at radius 1 is 1.07 bits per heavy atom. The Kier molecular flexibility index (Phi) is 3.00. The van der Waals surface area contributed by atoms with Crippen molar-refractivity contribution in [2.24, 2.45) is 0 Å². The average molecular weight is 212 g/mol. The van der Waals surface area contributed by atoms with Gasteiger partial charge >= 0.3 is 0 Å². The van der Waals surface area contributed by atoms with E-state index in [1.807, 2.05) is 39.2 Å². The fourth-order valence-corrected chi connectivity index (χ4v) is 1.83. The van der Waals surface area contributed by atoms with E-state index in [1.54, 1.807) is 0 Å². The molecule has 0 saturated carbocycles. The predicted molar refractivity (Wildman–Crippen MR) is 60.3 cm³/mol. The van der Waals surface area contributed by atoms with Crippen LogP contribution in [-0.2, 0) is 5.41 Å². The third-order valence-corrected chi connectivity index (χ3v) is 2.91. The molecule has 0 spiro atoms. The zero-order valence-electron chi connectivity index (χ0n) is 8.96. The number of hydrogen-bond acceptors (Lipinski definition) is 3. The molecule has 0 saturated heterocycles. The van der Waals surface area contributed by atoms with Crippen LogP contribution in [0.3, 0.4) is 0 Å². The lowest BCUT2D eigenvalue weighted by atomic mass is 9.86. The van der Waals surface area contributed by atoms with Crippen molar-refractivity contribution in [3.05, 3.63) is 17.7 Å². The smallest absolute Gasteiger partial charge is 0.171 e. The highest BCUT2D eigenvalue weighted by Crippen LogP contribution is 2.41. The summed E-state index contributed by atoms with van der Waals surface area (Å²) >= 11 is 1.42. The summed E-state index contributed by atoms with van der Waals surface area (Å²) in [5.74, 6) is -0.00530. The molecule has 0 aliphatic carbocycles. The van der Waals surface area contributed by atoms with E-state index in [-0.39, 0.29) is 16.9 Å². The van der Waals surface area contributed by atoms with Crippen molar-refractivity contribution in [3.63, 3.8) is 0 Å². The van der Waals surface area contributed by atoms with Crippen LogP contribution in [0.1, 0.15) is 26.3 Å². The zero-order valence-corrected chi connectivity index (χ0v) is 9.77. The molecule has 0 radical (unpaired) electrons. The fourth-order valence-electron chi connectivity index (χ4n) is 1.33. The van der Waals surface area contributed by atoms with Crippen LogP contribution >= 0.6 is 11.8 Å². The Morgan fingerprint density at radius 2 is 1.64 bits per heavy atom. The monoisotopic (exact) mass is 212 g/mol. The molecule has 0 amide bonds. The van der Waals surface area contributed by atoms with Crippen molar-refractivity contribution < 1.29 is 10.2 Å². The first kappa shape index (κ1) is 11.2. The van der Waals surface area contributed by atoms with Crippen LogP contribution in [0, 0.1) is 0 Å². The maximum absolute atomic E-state index is 9.78. The van der Waals surface area contributed by atoms with Crippen molar-refractivity contribution in [3.8, 4) is 11.5 Å². The number of aromatic hydroxyl groups is 2. The van der Waals surface area contributed by atoms with Gasteiger partial charge in [-0.1, -0.05) is 26.8 Å². The lowest BCUT2D eigenvalue weighted by Crippen LogP contribution is -2.11. The van der Waals surface area contributed by atoms with E-state index in [0.29, 0.717) is 4.90 Å². The SMILES string of the molecule is CSc1ccc(C(C)(C)C)c(O)c1O. The Balaban J connectivity index is 3.31. The second-order valence-electron chi connectivity index (χ2n) is 4.26. The molecular weight excluding hydrogens is 196 g/mol. The van der Waals surface area contributed by atoms with Crippen LogP contribution in [0.5, 0.6) is 11.5 Å². The number of benzene rings is 1. The molecule has 78 valence electrons. The molecule has 0 atom stereocenters. The molecule has 0 aromatic heterocycles. The minimum Gasteiger partial charge on any atom is -0.504 e. The van der Waals surface area contributed by atoms with Gasteiger partial charge in [0.25, 0.3) is 0 Å². The summed E-state index contributed by atoms with van der Waals surface area (Å²) < 4.78 is 0. The van der Waals surface area contributed by atoms with Crippen molar-refractivity contribution in [2.75, 3.05) is 6.26 Å². The van der Waals surface area contributed by atoms with Crippen LogP contribution in [0.4, 0.5) is 0 Å². The van der Waals surface area contributed by atoms with E-state index >= 15 is 0 Å². The second-order valence-corrected chi connectivity index (χ2v) is 5.11. The molecule has 0 fully saturated rings. The quantitative estimate of drug-likeness (QED) is 0.555. The molecule has 2 nitrogen and oxygen atoms in total. The van der Waals surface area contributed by atoms with Crippen molar-refractivity contribution in [1.29, 1.82) is 0 Å². The number of rotatable bonds is 1. The molecule has 0 aliphatic rings. The van der Waals surface area contributed by atoms with E-state index in [0.717, 1.165) is 5.56 Å². The molecular formula is C11H16O2S. The first-order valence-electron chi connectivity index (χ1n) is 4.47. The standard InChI is InChI=1S/C11H16O2S/c1-11(2,3)7-5-6-8(14-4)10(13)9(7)12/h5-6,12-13H,1-4H3. The molecule has 0 heterocycles. The van der Waals surface area contributed by atoms with Gasteiger partial charge < -0.3 is 10.2 Å². The van der Waals surface area contributed by atoms with Crippen LogP contribution in [0.25, 0.3) is 0 Å². The Bertz CT molecular complexity index is 340. The molecule has 1 aromatic carbocycles. The number of hydrogen-bond donors (Lipinski definition) is 2. The molecule has 14 heavy (non-hydrogen) atoms. The minimum atomic E-state index is -0.154. The summed E-state index contributed by atoms with van der Waals surface area (Å²) in [7, 11) is 0. The Labute approximate surface area is 89.0 Å². The van der Waals surface area contributed by atoms with Gasteiger partial charge in [0.2, 0.25) is 0 Å². The van der Waals surface area contributed by atoms with Gasteiger partial charge in [-0.05, 0) is 17.7 Å². The molecule has 3 heteroatoms. The largest absolute Gasteiger partial charge is 0.504 e. The van der Waals surface area contributed by atoms with Crippen molar-refractivity contribution >= 4 is 11.8 Å². The van der Waals surface area contributed by atoms with Crippen LogP contribution in [0.2, 0.25) is 0 Å². The van der Waals surface area contributed by atoms with Crippen LogP contribution in [0.15, 0.2) is 17.0 Å². The van der Waals surface area contributed by atoms with Gasteiger partial charge in [-0.3, -0.25) is 0 Å². The molecule has 2 N–H and O–H groups in total. The van der Waals surface area contributed by atoms with E-state index in [9.17, 15) is 10.2 Å². The lowest BCUT2D eigenvalue weighted by molar-refractivity contribution is 0.381. The van der Waals surface area contributed by atoms with E-state index in [4.69, 9.17) is 0 Å². The highest BCUT2D eigenvalue weighted by molar-refractivity contribution is 7.98. The molecule has 0 unspecified atom stereocenters. The van der Waals surface area contributed by atoms with Gasteiger partial charge in [0.1, 0.15) is 0 Å². The summed E-state index contributed by atoms with van der Waals surface area (Å²) in [6.07, 6.45) is 1.87. The molecule has 1 rings (SSSR count). The van der Waals surface area contributed by atoms with E-state index < -0.39 is 0 Å². The second kappa shape index (κ2) is 3.73. The predicted octanol–water partition coefficient (Wildman–Crippen LogP) is 3.12. The molecule has 1 aromatic rings. The fraction of sp³-hybridized carbons (Fsp3) is 0.455. The summed E-state index contributed by atoms with van der Waals surface area (Å²) in [4.78, 5) is 0.704. The molecule has 0 bridgehead atoms. The first-order valence-corrected chi connectivity index (χ1v) is 5.70. The summed E-state index contributed by atoms with van der Waals surface area (Å²) in [6, 6.07) is 3.70. The Morgan fingerprint density at radius 3 is 2.07 bits per heavy atom.